The van der Waals surface area contributed by atoms with E-state index in [0.717, 1.165) is 21.3 Å². The number of non-ortho nitro benzene ring substituents is 1. The molecule has 0 heterocycles. The van der Waals surface area contributed by atoms with Gasteiger partial charge in [-0.05, 0) is 63.5 Å². The van der Waals surface area contributed by atoms with Gasteiger partial charge in [0.15, 0.2) is 11.5 Å². The van der Waals surface area contributed by atoms with Gasteiger partial charge in [0.1, 0.15) is 6.61 Å². The van der Waals surface area contributed by atoms with E-state index < -0.39 is 4.92 Å². The highest BCUT2D eigenvalue weighted by atomic mass is 79.9. The Hall–Kier alpha value is -2.77. The minimum Gasteiger partial charge on any atom is -0.493 e. The predicted octanol–water partition coefficient (Wildman–Crippen LogP) is 6.21. The van der Waals surface area contributed by atoms with Gasteiger partial charge in [-0.15, -0.1) is 0 Å². The molecule has 0 radical (unpaired) electrons. The first-order valence-corrected chi connectivity index (χ1v) is 9.86. The molecular weight excluding hydrogens is 460 g/mol. The zero-order chi connectivity index (χ0) is 20.8. The van der Waals surface area contributed by atoms with E-state index in [-0.39, 0.29) is 12.3 Å². The number of hydrogen-bond acceptors (Lipinski definition) is 5. The molecule has 0 aliphatic rings. The van der Waals surface area contributed by atoms with Crippen molar-refractivity contribution in [3.05, 3.63) is 91.4 Å². The van der Waals surface area contributed by atoms with E-state index in [9.17, 15) is 10.1 Å². The minimum absolute atomic E-state index is 0.0443. The first kappa shape index (κ1) is 21.0. The largest absolute Gasteiger partial charge is 0.493 e. The topological polar surface area (TPSA) is 73.6 Å². The summed E-state index contributed by atoms with van der Waals surface area (Å²) >= 11 is 9.71. The van der Waals surface area contributed by atoms with Crippen LogP contribution in [-0.2, 0) is 13.2 Å². The van der Waals surface area contributed by atoms with E-state index in [0.29, 0.717) is 23.1 Å². The molecule has 3 aromatic carbocycles. The average molecular weight is 478 g/mol. The zero-order valence-electron chi connectivity index (χ0n) is 15.5. The van der Waals surface area contributed by atoms with E-state index >= 15 is 0 Å². The Bertz CT molecular complexity index is 1010. The summed E-state index contributed by atoms with van der Waals surface area (Å²) in [6.07, 6.45) is 0. The van der Waals surface area contributed by atoms with Gasteiger partial charge in [0, 0.05) is 18.7 Å². The molecule has 0 aromatic heterocycles. The number of nitrogens with one attached hydrogen (secondary N) is 1. The Balaban J connectivity index is 1.71. The van der Waals surface area contributed by atoms with Crippen LogP contribution in [0.15, 0.2) is 65.1 Å². The molecule has 150 valence electrons. The molecule has 8 heteroatoms. The fourth-order valence-electron chi connectivity index (χ4n) is 2.69. The summed E-state index contributed by atoms with van der Waals surface area (Å²) in [6, 6.07) is 17.6. The highest BCUT2D eigenvalue weighted by Gasteiger charge is 2.13. The third-order valence-corrected chi connectivity index (χ3v) is 5.10. The number of anilines is 1. The van der Waals surface area contributed by atoms with Gasteiger partial charge in [-0.1, -0.05) is 23.7 Å². The van der Waals surface area contributed by atoms with Crippen LogP contribution in [0.1, 0.15) is 11.1 Å². The predicted molar refractivity (Wildman–Crippen MR) is 117 cm³/mol. The van der Waals surface area contributed by atoms with Gasteiger partial charge in [0.05, 0.1) is 27.2 Å². The lowest BCUT2D eigenvalue weighted by Crippen LogP contribution is -2.03. The average Bonchev–Trinajstić information content (AvgIpc) is 2.72. The number of nitro groups is 1. The molecule has 6 nitrogen and oxygen atoms in total. The number of rotatable bonds is 8. The van der Waals surface area contributed by atoms with Crippen LogP contribution in [0.25, 0.3) is 0 Å². The third kappa shape index (κ3) is 5.40. The van der Waals surface area contributed by atoms with Crippen LogP contribution in [0.5, 0.6) is 11.5 Å². The number of nitro benzene ring substituents is 1. The van der Waals surface area contributed by atoms with Gasteiger partial charge in [0.2, 0.25) is 0 Å². The Morgan fingerprint density at radius 3 is 2.48 bits per heavy atom. The van der Waals surface area contributed by atoms with Crippen molar-refractivity contribution in [3.8, 4) is 11.5 Å². The van der Waals surface area contributed by atoms with Crippen molar-refractivity contribution in [1.82, 2.24) is 0 Å². The highest BCUT2D eigenvalue weighted by Crippen LogP contribution is 2.37. The molecule has 0 aliphatic heterocycles. The van der Waals surface area contributed by atoms with E-state index in [1.807, 2.05) is 36.4 Å². The summed E-state index contributed by atoms with van der Waals surface area (Å²) in [5, 5.41) is 14.7. The van der Waals surface area contributed by atoms with E-state index in [1.165, 1.54) is 12.1 Å². The van der Waals surface area contributed by atoms with Crippen molar-refractivity contribution in [1.29, 1.82) is 0 Å². The minimum atomic E-state index is -0.431. The Morgan fingerprint density at radius 2 is 1.83 bits per heavy atom. The second-order valence-electron chi connectivity index (χ2n) is 6.15. The van der Waals surface area contributed by atoms with Crippen molar-refractivity contribution >= 4 is 38.9 Å². The highest BCUT2D eigenvalue weighted by molar-refractivity contribution is 9.10. The van der Waals surface area contributed by atoms with Crippen LogP contribution in [0.4, 0.5) is 11.4 Å². The number of halogens is 2. The molecule has 0 atom stereocenters. The zero-order valence-corrected chi connectivity index (χ0v) is 17.9. The molecular formula is C21H18BrClN2O4. The molecule has 29 heavy (non-hydrogen) atoms. The number of ether oxygens (including phenoxy) is 2. The number of methoxy groups -OCH3 is 1. The van der Waals surface area contributed by atoms with Crippen LogP contribution >= 0.6 is 27.5 Å². The van der Waals surface area contributed by atoms with Crippen LogP contribution in [0.3, 0.4) is 0 Å². The first-order chi connectivity index (χ1) is 14.0. The standard InChI is InChI=1S/C21H18BrClN2O4/c1-28-20-11-15(12-24-19-5-3-2-4-18(19)23)10-17(22)21(20)29-13-14-6-8-16(9-7-14)25(26)27/h2-11,24H,12-13H2,1H3. The van der Waals surface area contributed by atoms with Crippen LogP contribution < -0.4 is 14.8 Å². The Morgan fingerprint density at radius 1 is 1.10 bits per heavy atom. The Labute approximate surface area is 181 Å². The summed E-state index contributed by atoms with van der Waals surface area (Å²) in [4.78, 5) is 10.3. The molecule has 0 bridgehead atoms. The van der Waals surface area contributed by atoms with Gasteiger partial charge in [0.25, 0.3) is 5.69 Å². The smallest absolute Gasteiger partial charge is 0.269 e. The monoisotopic (exact) mass is 476 g/mol. The number of para-hydroxylation sites is 1. The molecule has 1 N–H and O–H groups in total. The molecule has 0 spiro atoms. The Kier molecular flexibility index (Phi) is 6.95. The number of hydrogen-bond donors (Lipinski definition) is 1. The lowest BCUT2D eigenvalue weighted by molar-refractivity contribution is -0.384. The van der Waals surface area contributed by atoms with Crippen LogP contribution in [0.2, 0.25) is 5.02 Å². The summed E-state index contributed by atoms with van der Waals surface area (Å²) in [5.74, 6) is 1.14. The van der Waals surface area contributed by atoms with Crippen molar-refractivity contribution in [2.45, 2.75) is 13.2 Å². The molecule has 0 unspecified atom stereocenters. The molecule has 0 saturated heterocycles. The van der Waals surface area contributed by atoms with Crippen molar-refractivity contribution in [2.24, 2.45) is 0 Å². The first-order valence-electron chi connectivity index (χ1n) is 8.69. The van der Waals surface area contributed by atoms with Crippen molar-refractivity contribution in [3.63, 3.8) is 0 Å². The molecule has 0 saturated carbocycles. The molecule has 0 amide bonds. The van der Waals surface area contributed by atoms with Gasteiger partial charge in [-0.2, -0.15) is 0 Å². The summed E-state index contributed by atoms with van der Waals surface area (Å²) < 4.78 is 12.1. The van der Waals surface area contributed by atoms with E-state index in [4.69, 9.17) is 21.1 Å². The summed E-state index contributed by atoms with van der Waals surface area (Å²) in [5.41, 5.74) is 2.69. The quantitative estimate of drug-likeness (QED) is 0.308. The van der Waals surface area contributed by atoms with Gasteiger partial charge in [-0.3, -0.25) is 10.1 Å². The van der Waals surface area contributed by atoms with Crippen LogP contribution in [-0.4, -0.2) is 12.0 Å². The second kappa shape index (κ2) is 9.62. The lowest BCUT2D eigenvalue weighted by atomic mass is 10.2. The maximum absolute atomic E-state index is 10.8. The van der Waals surface area contributed by atoms with Crippen LogP contribution in [0, 0.1) is 10.1 Å². The normalized spacial score (nSPS) is 10.4. The van der Waals surface area contributed by atoms with Gasteiger partial charge < -0.3 is 14.8 Å². The second-order valence-corrected chi connectivity index (χ2v) is 7.42. The maximum atomic E-state index is 10.8. The molecule has 0 fully saturated rings. The van der Waals surface area contributed by atoms with Gasteiger partial charge >= 0.3 is 0 Å². The van der Waals surface area contributed by atoms with E-state index in [1.54, 1.807) is 19.2 Å². The maximum Gasteiger partial charge on any atom is 0.269 e. The van der Waals surface area contributed by atoms with Crippen molar-refractivity contribution < 1.29 is 14.4 Å². The summed E-state index contributed by atoms with van der Waals surface area (Å²) in [6.45, 7) is 0.811. The molecule has 3 rings (SSSR count). The SMILES string of the molecule is COc1cc(CNc2ccccc2Cl)cc(Br)c1OCc1ccc([N+](=O)[O-])cc1. The molecule has 3 aromatic rings. The number of benzene rings is 3. The summed E-state index contributed by atoms with van der Waals surface area (Å²) in [7, 11) is 1.58. The third-order valence-electron chi connectivity index (χ3n) is 4.18. The fraction of sp³-hybridized carbons (Fsp3) is 0.143. The fourth-order valence-corrected chi connectivity index (χ4v) is 3.49. The van der Waals surface area contributed by atoms with Crippen molar-refractivity contribution in [2.75, 3.05) is 12.4 Å². The lowest BCUT2D eigenvalue weighted by Gasteiger charge is -2.15. The number of nitrogens with zero attached hydrogens (tertiary/aromatic N) is 1. The van der Waals surface area contributed by atoms with Gasteiger partial charge in [-0.25, -0.2) is 0 Å². The molecule has 0 aliphatic carbocycles. The van der Waals surface area contributed by atoms with E-state index in [2.05, 4.69) is 21.2 Å².